The van der Waals surface area contributed by atoms with Crippen molar-refractivity contribution in [2.75, 3.05) is 21.2 Å². The first-order chi connectivity index (χ1) is 23.6. The Bertz CT molecular complexity index is 2060. The van der Waals surface area contributed by atoms with Crippen LogP contribution in [0.1, 0.15) is 76.4 Å². The third-order valence-electron chi connectivity index (χ3n) is 11.6. The molecule has 262 valence electrons. The second kappa shape index (κ2) is 11.9. The van der Waals surface area contributed by atoms with Crippen LogP contribution in [0.15, 0.2) is 70.5 Å². The number of fused-ring (bicyclic) bond motifs is 5. The van der Waals surface area contributed by atoms with Crippen LogP contribution in [0.25, 0.3) is 10.8 Å². The zero-order valence-corrected chi connectivity index (χ0v) is 31.3. The number of aliphatic hydroxyl groups excluding tert-OH is 1. The number of ketones is 2. The van der Waals surface area contributed by atoms with E-state index in [1.807, 2.05) is 80.5 Å². The van der Waals surface area contributed by atoms with Gasteiger partial charge in [-0.05, 0) is 79.6 Å². The van der Waals surface area contributed by atoms with Gasteiger partial charge in [0.15, 0.2) is 25.5 Å². The van der Waals surface area contributed by atoms with Crippen molar-refractivity contribution in [2.45, 2.75) is 76.9 Å². The molecule has 0 saturated carbocycles. The molecule has 0 amide bonds. The van der Waals surface area contributed by atoms with Crippen molar-refractivity contribution in [1.82, 2.24) is 10.1 Å². The first kappa shape index (κ1) is 34.2. The summed E-state index contributed by atoms with van der Waals surface area (Å²) in [5, 5.41) is 18.6. The lowest BCUT2D eigenvalue weighted by molar-refractivity contribution is -0.0480. The van der Waals surface area contributed by atoms with E-state index in [0.29, 0.717) is 29.9 Å². The summed E-state index contributed by atoms with van der Waals surface area (Å²) in [7, 11) is 2.66. The summed E-state index contributed by atoms with van der Waals surface area (Å²) in [6, 6.07) is 17.0. The van der Waals surface area contributed by atoms with Gasteiger partial charge in [0.1, 0.15) is 23.7 Å². The fourth-order valence-electron chi connectivity index (χ4n) is 8.24. The zero-order valence-electron chi connectivity index (χ0n) is 30.3. The molecule has 3 aromatic carbocycles. The third kappa shape index (κ3) is 4.90. The highest BCUT2D eigenvalue weighted by atomic mass is 28.4. The Balaban J connectivity index is 1.47. The molecule has 7 rings (SSSR count). The monoisotopic (exact) mass is 694 g/mol. The molecule has 50 heavy (non-hydrogen) atoms. The lowest BCUT2D eigenvalue weighted by Gasteiger charge is -2.55. The summed E-state index contributed by atoms with van der Waals surface area (Å²) >= 11 is 0. The fraction of sp³-hybridized carbons (Fsp3) is 0.425. The summed E-state index contributed by atoms with van der Waals surface area (Å²) in [4.78, 5) is 32.3. The number of ether oxygens (including phenoxy) is 2. The van der Waals surface area contributed by atoms with Gasteiger partial charge in [-0.15, -0.1) is 0 Å². The molecule has 0 fully saturated rings. The minimum atomic E-state index is -2.82. The Morgan fingerprint density at radius 2 is 1.68 bits per heavy atom. The number of aryl methyl sites for hydroxylation is 1. The molecule has 3 aliphatic carbocycles. The van der Waals surface area contributed by atoms with Gasteiger partial charge in [-0.2, -0.15) is 0 Å². The van der Waals surface area contributed by atoms with Crippen LogP contribution in [-0.2, 0) is 17.5 Å². The fourth-order valence-corrected chi connectivity index (χ4v) is 9.69. The van der Waals surface area contributed by atoms with Crippen LogP contribution in [-0.4, -0.2) is 61.9 Å². The van der Waals surface area contributed by atoms with Crippen LogP contribution >= 0.6 is 0 Å². The van der Waals surface area contributed by atoms with E-state index in [0.717, 1.165) is 27.5 Å². The van der Waals surface area contributed by atoms with Crippen LogP contribution in [0.5, 0.6) is 11.6 Å². The molecule has 0 saturated heterocycles. The lowest BCUT2D eigenvalue weighted by Crippen LogP contribution is -2.65. The number of hydrogen-bond donors (Lipinski definition) is 1. The van der Waals surface area contributed by atoms with E-state index in [2.05, 4.69) is 39.0 Å². The van der Waals surface area contributed by atoms with E-state index in [4.69, 9.17) is 18.4 Å². The maximum atomic E-state index is 15.4. The summed E-state index contributed by atoms with van der Waals surface area (Å²) in [5.74, 6) is -0.980. The standard InChI is InChI=1S/C40H46N2O7Si/c1-22-25-17-13-14-18-26(25)34(46-7)27-19-24-20-28-32(42(5)6)35-31(38(41-48-35)47-21-23-15-11-10-12-16-23)37(45)40(28,49-50(8,9)39(2,3)4)36(44)30(24)33(43)29(22)27/h10-18,24,28,32,44H,19-21H2,1-9H3/t24-,28-,32-,40-/m0/s1. The van der Waals surface area contributed by atoms with Crippen molar-refractivity contribution in [3.63, 3.8) is 0 Å². The first-order valence-corrected chi connectivity index (χ1v) is 20.2. The molecule has 9 nitrogen and oxygen atoms in total. The summed E-state index contributed by atoms with van der Waals surface area (Å²) in [6.07, 6.45) is 0.855. The lowest BCUT2D eigenvalue weighted by atomic mass is 9.58. The normalized spacial score (nSPS) is 23.4. The van der Waals surface area contributed by atoms with Crippen LogP contribution in [0.3, 0.4) is 0 Å². The molecule has 1 N–H and O–H groups in total. The predicted octanol–water partition coefficient (Wildman–Crippen LogP) is 8.17. The minimum Gasteiger partial charge on any atom is -0.508 e. The van der Waals surface area contributed by atoms with Crippen LogP contribution < -0.4 is 9.47 Å². The molecule has 10 heteroatoms. The molecule has 1 heterocycles. The molecule has 0 unspecified atom stereocenters. The molecule has 1 aromatic heterocycles. The number of methoxy groups -OCH3 is 1. The number of rotatable bonds is 7. The average molecular weight is 695 g/mol. The number of nitrogens with zero attached hydrogens (tertiary/aromatic N) is 2. The highest BCUT2D eigenvalue weighted by Gasteiger charge is 2.67. The maximum Gasteiger partial charge on any atom is 0.265 e. The molecule has 4 aromatic rings. The minimum absolute atomic E-state index is 0.0460. The van der Waals surface area contributed by atoms with Gasteiger partial charge < -0.3 is 23.5 Å². The number of hydrogen-bond acceptors (Lipinski definition) is 9. The topological polar surface area (TPSA) is 111 Å². The number of aromatic nitrogens is 1. The number of aliphatic hydroxyl groups is 1. The van der Waals surface area contributed by atoms with Crippen molar-refractivity contribution in [3.8, 4) is 11.6 Å². The molecular weight excluding hydrogens is 649 g/mol. The largest absolute Gasteiger partial charge is 0.508 e. The van der Waals surface area contributed by atoms with E-state index >= 15 is 4.79 Å². The van der Waals surface area contributed by atoms with Crippen molar-refractivity contribution < 1.29 is 33.1 Å². The molecule has 0 aliphatic heterocycles. The number of Topliss-reactive ketones (excluding diaryl/α,β-unsaturated/α-hetero) is 2. The molecule has 0 spiro atoms. The maximum absolute atomic E-state index is 15.4. The first-order valence-electron chi connectivity index (χ1n) is 17.3. The van der Waals surface area contributed by atoms with Crippen molar-refractivity contribution >= 4 is 30.7 Å². The smallest absolute Gasteiger partial charge is 0.265 e. The molecule has 3 aliphatic rings. The highest BCUT2D eigenvalue weighted by Crippen LogP contribution is 2.60. The van der Waals surface area contributed by atoms with Gasteiger partial charge >= 0.3 is 0 Å². The Morgan fingerprint density at radius 3 is 2.32 bits per heavy atom. The van der Waals surface area contributed by atoms with Gasteiger partial charge in [0.2, 0.25) is 5.78 Å². The Kier molecular flexibility index (Phi) is 8.16. The van der Waals surface area contributed by atoms with Crippen molar-refractivity contribution in [3.05, 3.63) is 99.5 Å². The number of benzene rings is 3. The van der Waals surface area contributed by atoms with Gasteiger partial charge in [-0.1, -0.05) is 75.4 Å². The zero-order chi connectivity index (χ0) is 35.9. The van der Waals surface area contributed by atoms with E-state index in [1.54, 1.807) is 7.11 Å². The van der Waals surface area contributed by atoms with Crippen LogP contribution in [0.4, 0.5) is 0 Å². The Hall–Kier alpha value is -4.25. The van der Waals surface area contributed by atoms with E-state index < -0.39 is 31.7 Å². The molecular formula is C40H46N2O7Si. The van der Waals surface area contributed by atoms with Crippen molar-refractivity contribution in [1.29, 1.82) is 0 Å². The summed E-state index contributed by atoms with van der Waals surface area (Å²) in [5.41, 5.74) is 1.59. The third-order valence-corrected chi connectivity index (χ3v) is 16.1. The van der Waals surface area contributed by atoms with E-state index in [-0.39, 0.29) is 46.1 Å². The van der Waals surface area contributed by atoms with Crippen LogP contribution in [0.2, 0.25) is 18.1 Å². The molecule has 0 bridgehead atoms. The van der Waals surface area contributed by atoms with E-state index in [1.165, 1.54) is 0 Å². The van der Waals surface area contributed by atoms with Crippen LogP contribution in [0, 0.1) is 18.8 Å². The van der Waals surface area contributed by atoms with Gasteiger partial charge in [-0.25, -0.2) is 0 Å². The molecule has 4 atom stereocenters. The number of allylic oxidation sites excluding steroid dienone is 1. The second-order valence-corrected chi connectivity index (χ2v) is 20.5. The Morgan fingerprint density at radius 1 is 1.02 bits per heavy atom. The average Bonchev–Trinajstić information content (AvgIpc) is 3.48. The predicted molar refractivity (Wildman–Crippen MR) is 194 cm³/mol. The van der Waals surface area contributed by atoms with Gasteiger partial charge in [-0.3, -0.25) is 14.5 Å². The highest BCUT2D eigenvalue weighted by molar-refractivity contribution is 6.74. The van der Waals surface area contributed by atoms with Gasteiger partial charge in [0.05, 0.1) is 13.2 Å². The van der Waals surface area contributed by atoms with Gasteiger partial charge in [0.25, 0.3) is 5.88 Å². The summed E-state index contributed by atoms with van der Waals surface area (Å²) in [6.45, 7) is 12.5. The van der Waals surface area contributed by atoms with E-state index in [9.17, 15) is 9.90 Å². The summed E-state index contributed by atoms with van der Waals surface area (Å²) < 4.78 is 25.4. The molecule has 0 radical (unpaired) electrons. The Labute approximate surface area is 294 Å². The second-order valence-electron chi connectivity index (χ2n) is 15.7. The SMILES string of the molecule is COc1c2c(c(C)c3ccccc13)C(=O)C1=C(O)[C@]3(O[Si](C)(C)C(C)(C)C)C(=O)c4c(OCc5ccccc5)noc4[C@@H](N(C)C)[C@@H]3C[C@@H]1C2. The van der Waals surface area contributed by atoms with Gasteiger partial charge in [0, 0.05) is 28.0 Å². The quantitative estimate of drug-likeness (QED) is 0.192. The number of carbonyl (C=O) groups is 2. The number of carbonyl (C=O) groups excluding carboxylic acids is 2. The van der Waals surface area contributed by atoms with Crippen molar-refractivity contribution in [2.24, 2.45) is 11.8 Å².